The third kappa shape index (κ3) is 16.0. The topological polar surface area (TPSA) is 356 Å². The fourth-order valence-corrected chi connectivity index (χ4v) is 14.8. The summed E-state index contributed by atoms with van der Waals surface area (Å²) < 4.78 is 0.514. The average Bonchev–Trinajstić information content (AvgIpc) is 3.24. The van der Waals surface area contributed by atoms with Crippen LogP contribution in [0.5, 0.6) is 0 Å². The molecule has 0 aliphatic carbocycles. The maximum absolute atomic E-state index is 13.6. The number of carbonyl (C=O) groups is 7. The van der Waals surface area contributed by atoms with Gasteiger partial charge in [0, 0.05) is 39.7 Å². The number of anilines is 2. The first kappa shape index (κ1) is 58.1. The van der Waals surface area contributed by atoms with E-state index in [-0.39, 0.29) is 67.9 Å². The van der Waals surface area contributed by atoms with Crippen LogP contribution in [0.3, 0.4) is 0 Å². The van der Waals surface area contributed by atoms with Crippen LogP contribution in [0.4, 0.5) is 11.4 Å². The average molecular weight is 1560 g/mol. The smallest absolute Gasteiger partial charge is 0.253 e. The Hall–Kier alpha value is -1.05. The summed E-state index contributed by atoms with van der Waals surface area (Å²) in [6.07, 6.45) is -7.16. The van der Waals surface area contributed by atoms with Crippen LogP contribution in [0.15, 0.2) is 0 Å². The van der Waals surface area contributed by atoms with E-state index in [4.69, 9.17) is 0 Å². The van der Waals surface area contributed by atoms with Crippen molar-refractivity contribution in [2.45, 2.75) is 36.9 Å². The Balaban J connectivity index is 2.60. The third-order valence-corrected chi connectivity index (χ3v) is 14.7. The first-order chi connectivity index (χ1) is 29.6. The molecule has 13 N–H and O–H groups in total. The van der Waals surface area contributed by atoms with E-state index in [1.807, 2.05) is 0 Å². The van der Waals surface area contributed by atoms with Crippen molar-refractivity contribution in [3.05, 3.63) is 43.7 Å². The van der Waals surface area contributed by atoms with E-state index in [0.29, 0.717) is 0 Å². The van der Waals surface area contributed by atoms with Crippen molar-refractivity contribution in [2.75, 3.05) is 75.5 Å². The number of Topliss-reactive ketones (excluding diaryl/α,β-unsaturated/α-hetero) is 1. The number of rotatable bonds is 26. The van der Waals surface area contributed by atoms with E-state index in [9.17, 15) is 79.5 Å². The number of ketones is 1. The Morgan fingerprint density at radius 2 is 0.730 bits per heavy atom. The van der Waals surface area contributed by atoms with Gasteiger partial charge >= 0.3 is 0 Å². The molecule has 2 aromatic carbocycles. The predicted molar refractivity (Wildman–Crippen MR) is 273 cm³/mol. The summed E-state index contributed by atoms with van der Waals surface area (Å²) in [5, 5.41) is 97.2. The molecule has 2 aromatic rings. The summed E-state index contributed by atoms with van der Waals surface area (Å²) in [6.45, 7) is -5.64. The van der Waals surface area contributed by atoms with E-state index in [2.05, 4.69) is 21.3 Å². The van der Waals surface area contributed by atoms with E-state index < -0.39 is 132 Å². The number of hydrogen-bond donors (Lipinski definition) is 13. The van der Waals surface area contributed by atoms with Crippen molar-refractivity contribution in [3.63, 3.8) is 0 Å². The molecule has 0 saturated carbocycles. The van der Waals surface area contributed by atoms with Gasteiger partial charge in [-0.25, -0.2) is 0 Å². The minimum absolute atomic E-state index is 0.0500. The second-order valence-corrected chi connectivity index (χ2v) is 19.6. The lowest BCUT2D eigenvalue weighted by Crippen LogP contribution is -2.40. The molecular weight excluding hydrogens is 1520 g/mol. The number of halogens is 6. The zero-order valence-electron chi connectivity index (χ0n) is 32.4. The van der Waals surface area contributed by atoms with E-state index in [1.54, 1.807) is 136 Å². The van der Waals surface area contributed by atoms with Gasteiger partial charge in [-0.15, -0.1) is 0 Å². The fraction of sp³-hybridized carbons (Fsp3) is 0.457. The number of nitrogens with one attached hydrogen (secondary N) is 4. The first-order valence-electron chi connectivity index (χ1n) is 18.0. The van der Waals surface area contributed by atoms with Crippen LogP contribution in [0, 0.1) is 21.4 Å². The highest BCUT2D eigenvalue weighted by Gasteiger charge is 2.34. The molecule has 0 spiro atoms. The van der Waals surface area contributed by atoms with E-state index in [1.165, 1.54) is 0 Å². The van der Waals surface area contributed by atoms with Crippen LogP contribution in [-0.4, -0.2) is 184 Å². The molecule has 22 nitrogen and oxygen atoms in total. The van der Waals surface area contributed by atoms with E-state index >= 15 is 0 Å². The minimum Gasteiger partial charge on any atom is -0.394 e. The van der Waals surface area contributed by atoms with Gasteiger partial charge < -0.3 is 77.0 Å². The molecule has 5 atom stereocenters. The molecule has 0 aliphatic heterocycles. The number of amides is 6. The van der Waals surface area contributed by atoms with Gasteiger partial charge in [0.25, 0.3) is 23.6 Å². The largest absolute Gasteiger partial charge is 0.394 e. The van der Waals surface area contributed by atoms with Gasteiger partial charge in [-0.1, -0.05) is 0 Å². The molecule has 63 heavy (non-hydrogen) atoms. The van der Waals surface area contributed by atoms with E-state index in [0.717, 1.165) is 9.80 Å². The highest BCUT2D eigenvalue weighted by Crippen LogP contribution is 2.39. The van der Waals surface area contributed by atoms with Gasteiger partial charge in [0.2, 0.25) is 12.8 Å². The molecule has 6 amide bonds. The number of aliphatic hydroxyl groups is 9. The van der Waals surface area contributed by atoms with Crippen molar-refractivity contribution in [1.82, 2.24) is 21.3 Å². The molecule has 0 saturated heterocycles. The number of carbonyl (C=O) groups excluding carboxylic acids is 7. The summed E-state index contributed by atoms with van der Waals surface area (Å²) >= 11 is 10.4. The lowest BCUT2D eigenvalue weighted by molar-refractivity contribution is -0.121. The third-order valence-electron chi connectivity index (χ3n) is 8.38. The SMILES string of the molecule is O=CN(CC(=O)CC(O)CN(C=O)c1c(I)c(C(=O)NCC(O)CO)c(I)c(C(=O)NCC(O)CO)c1I)c1c(I)c(C(=O)NCC(O)CO)c(I)c(C(=O)NCC(O)CO)c1I. The van der Waals surface area contributed by atoms with Crippen LogP contribution in [0.1, 0.15) is 47.9 Å². The lowest BCUT2D eigenvalue weighted by atomic mass is 10.1. The normalized spacial score (nSPS) is 13.5. The van der Waals surface area contributed by atoms with Crippen LogP contribution < -0.4 is 31.1 Å². The quantitative estimate of drug-likeness (QED) is 0.0345. The van der Waals surface area contributed by atoms with Crippen molar-refractivity contribution < 1.29 is 79.5 Å². The molecule has 0 fully saturated rings. The van der Waals surface area contributed by atoms with Crippen molar-refractivity contribution in [2.24, 2.45) is 0 Å². The maximum Gasteiger partial charge on any atom is 0.253 e. The second-order valence-electron chi connectivity index (χ2n) is 13.2. The van der Waals surface area contributed by atoms with Gasteiger partial charge in [-0.05, 0) is 136 Å². The number of hydrogen-bond acceptors (Lipinski definition) is 16. The monoisotopic (exact) mass is 1560 g/mol. The molecule has 0 heterocycles. The second kappa shape index (κ2) is 28.3. The molecule has 0 radical (unpaired) electrons. The lowest BCUT2D eigenvalue weighted by Gasteiger charge is -2.27. The molecule has 5 unspecified atom stereocenters. The van der Waals surface area contributed by atoms with Crippen LogP contribution in [0.25, 0.3) is 0 Å². The van der Waals surface area contributed by atoms with Crippen molar-refractivity contribution >= 4 is 189 Å². The van der Waals surface area contributed by atoms with Gasteiger partial charge in [0.05, 0.1) is 118 Å². The molecule has 0 aliphatic rings. The molecule has 28 heteroatoms. The zero-order valence-corrected chi connectivity index (χ0v) is 45.3. The molecule has 2 rings (SSSR count). The maximum atomic E-state index is 13.6. The van der Waals surface area contributed by atoms with Crippen molar-refractivity contribution in [3.8, 4) is 0 Å². The Morgan fingerprint density at radius 1 is 0.460 bits per heavy atom. The van der Waals surface area contributed by atoms with Gasteiger partial charge in [-0.3, -0.25) is 33.6 Å². The van der Waals surface area contributed by atoms with Gasteiger partial charge in [-0.2, -0.15) is 0 Å². The predicted octanol–water partition coefficient (Wildman–Crippen LogP) is -2.41. The Morgan fingerprint density at radius 3 is 0.984 bits per heavy atom. The van der Waals surface area contributed by atoms with Crippen LogP contribution in [-0.2, 0) is 14.4 Å². The summed E-state index contributed by atoms with van der Waals surface area (Å²) in [6, 6.07) is 0. The summed E-state index contributed by atoms with van der Waals surface area (Å²) in [7, 11) is 0. The molecular formula is C35H42I6N6O16. The fourth-order valence-electron chi connectivity index (χ4n) is 5.22. The molecule has 0 bridgehead atoms. The summed E-state index contributed by atoms with van der Waals surface area (Å²) in [5.41, 5.74) is -0.709. The van der Waals surface area contributed by atoms with Crippen LogP contribution >= 0.6 is 136 Å². The van der Waals surface area contributed by atoms with Gasteiger partial charge in [0.15, 0.2) is 5.78 Å². The number of benzene rings is 2. The standard InChI is InChI=1S/C35H42I6N6O16/c36-24-20(32(60)42-2-16(56)8-48)26(38)30(27(39)21(24)33(61)43-3-17(57)9-49)46(12-52)6-14(54)1-15(55)7-47(13-53)31-28(40)22(34(62)44-4-18(58)10-50)25(37)23(29(31)41)35(63)45-5-19(59)11-51/h12-14,16-19,48-51,54,56-59H,1-11H2,(H,42,60)(H,43,61)(H,44,62)(H,45,63). The number of nitrogens with zero attached hydrogens (tertiary/aromatic N) is 2. The number of aliphatic hydroxyl groups excluding tert-OH is 9. The molecule has 350 valence electrons. The Bertz CT molecular complexity index is 1910. The Labute approximate surface area is 440 Å². The summed E-state index contributed by atoms with van der Waals surface area (Å²) in [4.78, 5) is 94.7. The minimum atomic E-state index is -1.65. The first-order valence-corrected chi connectivity index (χ1v) is 24.5. The van der Waals surface area contributed by atoms with Gasteiger partial charge in [0.1, 0.15) is 0 Å². The summed E-state index contributed by atoms with van der Waals surface area (Å²) in [5.74, 6) is -4.07. The van der Waals surface area contributed by atoms with Crippen molar-refractivity contribution in [1.29, 1.82) is 0 Å². The zero-order chi connectivity index (χ0) is 47.9. The van der Waals surface area contributed by atoms with Crippen LogP contribution in [0.2, 0.25) is 0 Å². The highest BCUT2D eigenvalue weighted by molar-refractivity contribution is 14.1. The highest BCUT2D eigenvalue weighted by atomic mass is 127. The molecule has 0 aromatic heterocycles. The Kier molecular flexibility index (Phi) is 26.1.